The zero-order valence-corrected chi connectivity index (χ0v) is 15.1. The molecule has 2 aromatic rings. The van der Waals surface area contributed by atoms with E-state index < -0.39 is 0 Å². The largest absolute Gasteiger partial charge is 0.355 e. The first kappa shape index (κ1) is 17.1. The molecule has 8 heteroatoms. The van der Waals surface area contributed by atoms with Gasteiger partial charge in [-0.25, -0.2) is 9.97 Å². The van der Waals surface area contributed by atoms with E-state index in [2.05, 4.69) is 20.2 Å². The molecular weight excluding hydrogens is 378 g/mol. The van der Waals surface area contributed by atoms with E-state index in [4.69, 9.17) is 46.4 Å². The summed E-state index contributed by atoms with van der Waals surface area (Å²) in [6, 6.07) is 7.61. The molecule has 2 heterocycles. The van der Waals surface area contributed by atoms with Gasteiger partial charge in [0.05, 0.1) is 0 Å². The van der Waals surface area contributed by atoms with Gasteiger partial charge in [-0.05, 0) is 35.7 Å². The average Bonchev–Trinajstić information content (AvgIpc) is 2.94. The number of halogens is 4. The Morgan fingerprint density at radius 2 is 1.96 bits per heavy atom. The van der Waals surface area contributed by atoms with Crippen molar-refractivity contribution >= 4 is 52.2 Å². The summed E-state index contributed by atoms with van der Waals surface area (Å²) in [5, 5.41) is 5.34. The maximum absolute atomic E-state index is 6.19. The van der Waals surface area contributed by atoms with Crippen LogP contribution in [0.2, 0.25) is 20.5 Å². The molecule has 0 aliphatic carbocycles. The van der Waals surface area contributed by atoms with Crippen LogP contribution in [0.1, 0.15) is 12.0 Å². The second kappa shape index (κ2) is 7.41. The summed E-state index contributed by atoms with van der Waals surface area (Å²) in [7, 11) is 0. The van der Waals surface area contributed by atoms with E-state index in [1.54, 1.807) is 12.1 Å². The number of nitrogens with zero attached hydrogens (tertiary/aromatic N) is 3. The molecule has 1 saturated heterocycles. The molecule has 1 unspecified atom stereocenters. The Hall–Kier alpha value is -0.780. The summed E-state index contributed by atoms with van der Waals surface area (Å²) in [5.74, 6) is 0.754. The molecule has 1 aromatic carbocycles. The van der Waals surface area contributed by atoms with Gasteiger partial charge in [0.2, 0.25) is 5.28 Å². The fourth-order valence-electron chi connectivity index (χ4n) is 2.60. The standard InChI is InChI=1S/C15H14Cl4N4/c16-10-2-1-9(12(17)5-10)7-20-11-3-4-23(8-11)14-6-13(18)21-15(19)22-14/h1-2,5-6,11,20H,3-4,7-8H2. The van der Waals surface area contributed by atoms with Crippen LogP contribution < -0.4 is 10.2 Å². The van der Waals surface area contributed by atoms with Gasteiger partial charge in [-0.3, -0.25) is 0 Å². The van der Waals surface area contributed by atoms with Crippen LogP contribution in [0.25, 0.3) is 0 Å². The highest BCUT2D eigenvalue weighted by atomic mass is 35.5. The fourth-order valence-corrected chi connectivity index (χ4v) is 3.47. The van der Waals surface area contributed by atoms with Crippen molar-refractivity contribution in [1.29, 1.82) is 0 Å². The normalized spacial score (nSPS) is 17.7. The van der Waals surface area contributed by atoms with E-state index in [1.807, 2.05) is 12.1 Å². The summed E-state index contributed by atoms with van der Waals surface area (Å²) in [6.07, 6.45) is 1.00. The maximum Gasteiger partial charge on any atom is 0.225 e. The Bertz CT molecular complexity index is 690. The maximum atomic E-state index is 6.19. The van der Waals surface area contributed by atoms with Gasteiger partial charge in [0.15, 0.2) is 0 Å². The number of benzene rings is 1. The van der Waals surface area contributed by atoms with Crippen molar-refractivity contribution in [3.8, 4) is 0 Å². The lowest BCUT2D eigenvalue weighted by atomic mass is 10.2. The Kier molecular flexibility index (Phi) is 5.49. The van der Waals surface area contributed by atoms with Crippen LogP contribution in [0, 0.1) is 0 Å². The summed E-state index contributed by atoms with van der Waals surface area (Å²) < 4.78 is 0. The number of rotatable bonds is 4. The van der Waals surface area contributed by atoms with Gasteiger partial charge in [-0.1, -0.05) is 40.9 Å². The molecule has 1 fully saturated rings. The van der Waals surface area contributed by atoms with Gasteiger partial charge in [0, 0.05) is 41.8 Å². The van der Waals surface area contributed by atoms with Crippen molar-refractivity contribution < 1.29 is 0 Å². The smallest absolute Gasteiger partial charge is 0.225 e. The Labute approximate surface area is 154 Å². The van der Waals surface area contributed by atoms with Crippen LogP contribution in [-0.2, 0) is 6.54 Å². The lowest BCUT2D eigenvalue weighted by Gasteiger charge is -2.18. The Balaban J connectivity index is 1.59. The van der Waals surface area contributed by atoms with E-state index in [0.29, 0.717) is 27.8 Å². The van der Waals surface area contributed by atoms with Crippen molar-refractivity contribution in [2.24, 2.45) is 0 Å². The van der Waals surface area contributed by atoms with Crippen LogP contribution in [0.15, 0.2) is 24.3 Å². The van der Waals surface area contributed by atoms with E-state index in [-0.39, 0.29) is 5.28 Å². The van der Waals surface area contributed by atoms with Crippen LogP contribution >= 0.6 is 46.4 Å². The molecule has 23 heavy (non-hydrogen) atoms. The molecule has 1 aliphatic heterocycles. The van der Waals surface area contributed by atoms with Crippen molar-refractivity contribution in [2.45, 2.75) is 19.0 Å². The third kappa shape index (κ3) is 4.40. The second-order valence-corrected chi connectivity index (χ2v) is 6.94. The van der Waals surface area contributed by atoms with Gasteiger partial charge in [-0.15, -0.1) is 0 Å². The molecule has 0 amide bonds. The molecular formula is C15H14Cl4N4. The average molecular weight is 392 g/mol. The first-order valence-electron chi connectivity index (χ1n) is 7.13. The predicted molar refractivity (Wildman–Crippen MR) is 96.0 cm³/mol. The molecule has 0 bridgehead atoms. The van der Waals surface area contributed by atoms with Crippen molar-refractivity contribution in [3.05, 3.63) is 50.3 Å². The van der Waals surface area contributed by atoms with Crippen molar-refractivity contribution in [1.82, 2.24) is 15.3 Å². The zero-order valence-electron chi connectivity index (χ0n) is 12.1. The lowest BCUT2D eigenvalue weighted by molar-refractivity contribution is 0.551. The number of nitrogens with one attached hydrogen (secondary N) is 1. The van der Waals surface area contributed by atoms with Crippen molar-refractivity contribution in [2.75, 3.05) is 18.0 Å². The predicted octanol–water partition coefficient (Wildman–Crippen LogP) is 4.46. The third-order valence-electron chi connectivity index (χ3n) is 3.76. The molecule has 1 N–H and O–H groups in total. The topological polar surface area (TPSA) is 41.0 Å². The summed E-state index contributed by atoms with van der Waals surface area (Å²) in [4.78, 5) is 10.2. The van der Waals surface area contributed by atoms with Gasteiger partial charge in [0.25, 0.3) is 0 Å². The third-order valence-corrected chi connectivity index (χ3v) is 4.71. The number of hydrogen-bond acceptors (Lipinski definition) is 4. The highest BCUT2D eigenvalue weighted by Crippen LogP contribution is 2.24. The molecule has 3 rings (SSSR count). The minimum absolute atomic E-state index is 0.164. The SMILES string of the molecule is Clc1ccc(CNC2CCN(c3cc(Cl)nc(Cl)n3)C2)c(Cl)c1. The van der Waals surface area contributed by atoms with Gasteiger partial charge >= 0.3 is 0 Å². The van der Waals surface area contributed by atoms with Crippen LogP contribution in [0.5, 0.6) is 0 Å². The van der Waals surface area contributed by atoms with Gasteiger partial charge in [0.1, 0.15) is 11.0 Å². The Morgan fingerprint density at radius 3 is 2.70 bits per heavy atom. The molecule has 0 spiro atoms. The number of hydrogen-bond donors (Lipinski definition) is 1. The molecule has 122 valence electrons. The highest BCUT2D eigenvalue weighted by molar-refractivity contribution is 6.35. The summed E-state index contributed by atoms with van der Waals surface area (Å²) in [5.41, 5.74) is 1.03. The van der Waals surface area contributed by atoms with Crippen LogP contribution in [-0.4, -0.2) is 29.1 Å². The van der Waals surface area contributed by atoms with E-state index in [0.717, 1.165) is 30.9 Å². The zero-order chi connectivity index (χ0) is 16.4. The minimum atomic E-state index is 0.164. The van der Waals surface area contributed by atoms with Crippen LogP contribution in [0.4, 0.5) is 5.82 Å². The molecule has 0 radical (unpaired) electrons. The Morgan fingerprint density at radius 1 is 1.13 bits per heavy atom. The first-order valence-corrected chi connectivity index (χ1v) is 8.65. The fraction of sp³-hybridized carbons (Fsp3) is 0.333. The van der Waals surface area contributed by atoms with Crippen LogP contribution in [0.3, 0.4) is 0 Å². The van der Waals surface area contributed by atoms with E-state index in [9.17, 15) is 0 Å². The number of anilines is 1. The minimum Gasteiger partial charge on any atom is -0.355 e. The highest BCUT2D eigenvalue weighted by Gasteiger charge is 2.24. The van der Waals surface area contributed by atoms with Gasteiger partial charge in [-0.2, -0.15) is 0 Å². The molecule has 0 saturated carbocycles. The van der Waals surface area contributed by atoms with Crippen molar-refractivity contribution in [3.63, 3.8) is 0 Å². The first-order chi connectivity index (χ1) is 11.0. The monoisotopic (exact) mass is 390 g/mol. The van der Waals surface area contributed by atoms with E-state index in [1.165, 1.54) is 0 Å². The molecule has 1 aromatic heterocycles. The van der Waals surface area contributed by atoms with Gasteiger partial charge < -0.3 is 10.2 Å². The molecule has 4 nitrogen and oxygen atoms in total. The molecule has 1 atom stereocenters. The second-order valence-electron chi connectivity index (χ2n) is 5.37. The summed E-state index contributed by atoms with van der Waals surface area (Å²) in [6.45, 7) is 2.41. The van der Waals surface area contributed by atoms with E-state index >= 15 is 0 Å². The lowest BCUT2D eigenvalue weighted by Crippen LogP contribution is -2.32. The quantitative estimate of drug-likeness (QED) is 0.617. The number of aromatic nitrogens is 2. The summed E-state index contributed by atoms with van der Waals surface area (Å²) >= 11 is 23.9. The molecule has 1 aliphatic rings.